The van der Waals surface area contributed by atoms with Crippen molar-refractivity contribution in [2.75, 3.05) is 32.9 Å². The average molecular weight is 411 g/mol. The third kappa shape index (κ3) is 5.56. The Bertz CT molecular complexity index is 352. The Morgan fingerprint density at radius 2 is 1.95 bits per heavy atom. The van der Waals surface area contributed by atoms with Crippen LogP contribution in [0.2, 0.25) is 0 Å². The molecule has 0 aromatic rings. The van der Waals surface area contributed by atoms with Crippen LogP contribution in [0.4, 0.5) is 4.79 Å². The van der Waals surface area contributed by atoms with Gasteiger partial charge in [-0.2, -0.15) is 0 Å². The van der Waals surface area contributed by atoms with E-state index in [2.05, 4.69) is 22.6 Å². The Morgan fingerprint density at radius 1 is 1.29 bits per heavy atom. The van der Waals surface area contributed by atoms with Gasteiger partial charge in [-0.25, -0.2) is 4.79 Å². The van der Waals surface area contributed by atoms with Gasteiger partial charge < -0.3 is 19.1 Å². The molecule has 2 fully saturated rings. The second-order valence-corrected chi connectivity index (χ2v) is 8.43. The van der Waals surface area contributed by atoms with E-state index in [0.29, 0.717) is 22.9 Å². The third-order valence-corrected chi connectivity index (χ3v) is 4.93. The molecule has 122 valence electrons. The molecule has 2 atom stereocenters. The minimum atomic E-state index is -0.446. The average Bonchev–Trinajstić information content (AvgIpc) is 2.77. The molecule has 0 radical (unpaired) electrons. The van der Waals surface area contributed by atoms with E-state index in [1.165, 1.54) is 0 Å². The largest absolute Gasteiger partial charge is 0.444 e. The standard InChI is InChI=1S/C15H26INO4/c1-15(2,3)21-14(18)17-8-12(16)13(9-17)20-10-11-4-6-19-7-5-11/h11-13H,4-10H2,1-3H3. The summed E-state index contributed by atoms with van der Waals surface area (Å²) in [6, 6.07) is 0. The molecule has 2 unspecified atom stereocenters. The highest BCUT2D eigenvalue weighted by molar-refractivity contribution is 14.1. The van der Waals surface area contributed by atoms with Crippen LogP contribution in [0.15, 0.2) is 0 Å². The van der Waals surface area contributed by atoms with Crippen molar-refractivity contribution in [2.24, 2.45) is 5.92 Å². The number of hydrogen-bond acceptors (Lipinski definition) is 4. The Kier molecular flexibility index (Phi) is 6.14. The smallest absolute Gasteiger partial charge is 0.410 e. The summed E-state index contributed by atoms with van der Waals surface area (Å²) >= 11 is 2.37. The highest BCUT2D eigenvalue weighted by Crippen LogP contribution is 2.25. The molecule has 6 heteroatoms. The molecule has 5 nitrogen and oxygen atoms in total. The van der Waals surface area contributed by atoms with Gasteiger partial charge in [-0.1, -0.05) is 22.6 Å². The lowest BCUT2D eigenvalue weighted by Crippen LogP contribution is -2.36. The number of likely N-dealkylation sites (tertiary alicyclic amines) is 1. The van der Waals surface area contributed by atoms with Gasteiger partial charge in [0.1, 0.15) is 5.60 Å². The topological polar surface area (TPSA) is 48.0 Å². The molecular formula is C15H26INO4. The van der Waals surface area contributed by atoms with E-state index in [4.69, 9.17) is 14.2 Å². The number of carbonyl (C=O) groups excluding carboxylic acids is 1. The van der Waals surface area contributed by atoms with Crippen LogP contribution in [-0.2, 0) is 14.2 Å². The number of carbonyl (C=O) groups is 1. The molecule has 21 heavy (non-hydrogen) atoms. The van der Waals surface area contributed by atoms with E-state index in [1.807, 2.05) is 20.8 Å². The first-order valence-electron chi connectivity index (χ1n) is 7.66. The van der Waals surface area contributed by atoms with Crippen molar-refractivity contribution < 1.29 is 19.0 Å². The van der Waals surface area contributed by atoms with Crippen LogP contribution in [0, 0.1) is 5.92 Å². The zero-order valence-corrected chi connectivity index (χ0v) is 15.3. The fourth-order valence-electron chi connectivity index (χ4n) is 2.54. The summed E-state index contributed by atoms with van der Waals surface area (Å²) in [6.07, 6.45) is 2.03. The van der Waals surface area contributed by atoms with Crippen LogP contribution in [0.3, 0.4) is 0 Å². The highest BCUT2D eigenvalue weighted by Gasteiger charge is 2.36. The van der Waals surface area contributed by atoms with Crippen molar-refractivity contribution in [1.29, 1.82) is 0 Å². The van der Waals surface area contributed by atoms with E-state index in [-0.39, 0.29) is 12.2 Å². The van der Waals surface area contributed by atoms with Crippen LogP contribution in [-0.4, -0.2) is 59.5 Å². The maximum Gasteiger partial charge on any atom is 0.410 e. The summed E-state index contributed by atoms with van der Waals surface area (Å²) in [4.78, 5) is 13.8. The minimum absolute atomic E-state index is 0.112. The number of alkyl halides is 1. The summed E-state index contributed by atoms with van der Waals surface area (Å²) in [7, 11) is 0. The van der Waals surface area contributed by atoms with Crippen molar-refractivity contribution in [1.82, 2.24) is 4.90 Å². The van der Waals surface area contributed by atoms with E-state index >= 15 is 0 Å². The first-order valence-corrected chi connectivity index (χ1v) is 8.91. The molecule has 0 aromatic carbocycles. The summed E-state index contributed by atoms with van der Waals surface area (Å²) in [6.45, 7) is 9.47. The lowest BCUT2D eigenvalue weighted by atomic mass is 10.0. The van der Waals surface area contributed by atoms with Gasteiger partial charge in [-0.3, -0.25) is 0 Å². The zero-order valence-electron chi connectivity index (χ0n) is 13.1. The molecule has 0 spiro atoms. The molecule has 0 aliphatic carbocycles. The Morgan fingerprint density at radius 3 is 2.57 bits per heavy atom. The second-order valence-electron chi connectivity index (χ2n) is 6.83. The van der Waals surface area contributed by atoms with Gasteiger partial charge in [-0.05, 0) is 39.5 Å². The fraction of sp³-hybridized carbons (Fsp3) is 0.933. The molecule has 2 rings (SSSR count). The third-order valence-electron chi connectivity index (χ3n) is 3.74. The van der Waals surface area contributed by atoms with Crippen molar-refractivity contribution in [2.45, 2.75) is 49.2 Å². The summed E-state index contributed by atoms with van der Waals surface area (Å²) in [5.41, 5.74) is -0.446. The Labute approximate surface area is 140 Å². The van der Waals surface area contributed by atoms with E-state index in [1.54, 1.807) is 4.90 Å². The van der Waals surface area contributed by atoms with E-state index < -0.39 is 5.60 Å². The van der Waals surface area contributed by atoms with E-state index in [9.17, 15) is 4.79 Å². The molecule has 2 aliphatic rings. The number of rotatable bonds is 3. The highest BCUT2D eigenvalue weighted by atomic mass is 127. The van der Waals surface area contributed by atoms with Crippen LogP contribution >= 0.6 is 22.6 Å². The number of hydrogen-bond donors (Lipinski definition) is 0. The molecule has 0 saturated carbocycles. The summed E-state index contributed by atoms with van der Waals surface area (Å²) in [5.74, 6) is 0.595. The fourth-order valence-corrected chi connectivity index (χ4v) is 3.45. The van der Waals surface area contributed by atoms with Gasteiger partial charge in [0, 0.05) is 19.8 Å². The Hall–Kier alpha value is -0.0800. The SMILES string of the molecule is CC(C)(C)OC(=O)N1CC(I)C(OCC2CCOCC2)C1. The van der Waals surface area contributed by atoms with Crippen LogP contribution in [0.1, 0.15) is 33.6 Å². The molecular weight excluding hydrogens is 385 g/mol. The lowest BCUT2D eigenvalue weighted by molar-refractivity contribution is -0.00813. The molecule has 1 amide bonds. The van der Waals surface area contributed by atoms with Crippen LogP contribution < -0.4 is 0 Å². The van der Waals surface area contributed by atoms with Gasteiger partial charge in [0.15, 0.2) is 0 Å². The zero-order chi connectivity index (χ0) is 15.5. The number of ether oxygens (including phenoxy) is 3. The normalized spacial score (nSPS) is 27.9. The molecule has 2 heterocycles. The van der Waals surface area contributed by atoms with Crippen molar-refractivity contribution in [3.05, 3.63) is 0 Å². The monoisotopic (exact) mass is 411 g/mol. The lowest BCUT2D eigenvalue weighted by Gasteiger charge is -2.25. The minimum Gasteiger partial charge on any atom is -0.444 e. The van der Waals surface area contributed by atoms with Crippen molar-refractivity contribution >= 4 is 28.7 Å². The van der Waals surface area contributed by atoms with Crippen molar-refractivity contribution in [3.8, 4) is 0 Å². The first-order chi connectivity index (χ1) is 9.85. The van der Waals surface area contributed by atoms with Crippen LogP contribution in [0.5, 0.6) is 0 Å². The van der Waals surface area contributed by atoms with Gasteiger partial charge in [0.05, 0.1) is 23.2 Å². The predicted octanol–water partition coefficient (Wildman–Crippen LogP) is 2.85. The number of amides is 1. The van der Waals surface area contributed by atoms with Gasteiger partial charge in [0.2, 0.25) is 0 Å². The Balaban J connectivity index is 1.76. The number of nitrogens with zero attached hydrogens (tertiary/aromatic N) is 1. The molecule has 0 bridgehead atoms. The van der Waals surface area contributed by atoms with Gasteiger partial charge >= 0.3 is 6.09 Å². The summed E-state index contributed by atoms with van der Waals surface area (Å²) in [5, 5.41) is 0. The summed E-state index contributed by atoms with van der Waals surface area (Å²) < 4.78 is 17.2. The van der Waals surface area contributed by atoms with Gasteiger partial charge in [-0.15, -0.1) is 0 Å². The predicted molar refractivity (Wildman–Crippen MR) is 88.9 cm³/mol. The first kappa shape index (κ1) is 17.3. The molecule has 0 aromatic heterocycles. The molecule has 2 aliphatic heterocycles. The quantitative estimate of drug-likeness (QED) is 0.530. The second kappa shape index (κ2) is 7.46. The molecule has 0 N–H and O–H groups in total. The maximum absolute atomic E-state index is 12.1. The maximum atomic E-state index is 12.1. The van der Waals surface area contributed by atoms with Gasteiger partial charge in [0.25, 0.3) is 0 Å². The van der Waals surface area contributed by atoms with Crippen LogP contribution in [0.25, 0.3) is 0 Å². The van der Waals surface area contributed by atoms with Crippen molar-refractivity contribution in [3.63, 3.8) is 0 Å². The molecule has 2 saturated heterocycles. The number of halogens is 1. The van der Waals surface area contributed by atoms with E-state index in [0.717, 1.165) is 32.7 Å².